The summed E-state index contributed by atoms with van der Waals surface area (Å²) < 4.78 is 0. The largest absolute Gasteiger partial charge is 0.301 e. The molecule has 6 heteroatoms. The molecule has 1 unspecified atom stereocenters. The van der Waals surface area contributed by atoms with Gasteiger partial charge >= 0.3 is 0 Å². The summed E-state index contributed by atoms with van der Waals surface area (Å²) in [6, 6.07) is 12.0. The molecule has 114 valence electrons. The Bertz CT molecular complexity index is 823. The molecule has 0 aliphatic carbocycles. The van der Waals surface area contributed by atoms with Gasteiger partial charge in [0.25, 0.3) is 0 Å². The van der Waals surface area contributed by atoms with Crippen molar-refractivity contribution >= 4 is 34.1 Å². The lowest BCUT2D eigenvalue weighted by atomic mass is 10.1. The monoisotopic (exact) mass is 339 g/mol. The second kappa shape index (κ2) is 6.14. The maximum absolute atomic E-state index is 12.5. The number of hydrogen-bond acceptors (Lipinski definition) is 5. The van der Waals surface area contributed by atoms with Gasteiger partial charge in [0.05, 0.1) is 10.9 Å². The number of pyridine rings is 1. The number of aromatic nitrogens is 2. The quantitative estimate of drug-likeness (QED) is 0.787. The van der Waals surface area contributed by atoms with Crippen LogP contribution >= 0.6 is 23.1 Å². The van der Waals surface area contributed by atoms with Gasteiger partial charge < -0.3 is 5.32 Å². The number of carbonyl (C=O) groups excluding carboxylic acids is 1. The normalized spacial score (nSPS) is 16.1. The molecule has 0 saturated heterocycles. The van der Waals surface area contributed by atoms with Crippen molar-refractivity contribution in [2.24, 2.45) is 0 Å². The fourth-order valence-corrected chi connectivity index (χ4v) is 4.41. The number of amides is 1. The third-order valence-electron chi connectivity index (χ3n) is 3.63. The highest BCUT2D eigenvalue weighted by atomic mass is 32.2. The van der Waals surface area contributed by atoms with E-state index in [0.29, 0.717) is 5.13 Å². The van der Waals surface area contributed by atoms with Crippen molar-refractivity contribution in [3.05, 3.63) is 59.7 Å². The van der Waals surface area contributed by atoms with Gasteiger partial charge in [-0.3, -0.25) is 9.78 Å². The molecular formula is C17H13N3OS2. The van der Waals surface area contributed by atoms with Crippen molar-refractivity contribution in [2.45, 2.75) is 16.6 Å². The number of fused-ring (bicyclic) bond motifs is 1. The average Bonchev–Trinajstić information content (AvgIpc) is 3.22. The second-order valence-electron chi connectivity index (χ2n) is 5.19. The molecule has 2 aromatic heterocycles. The molecule has 4 nitrogen and oxygen atoms in total. The predicted molar refractivity (Wildman–Crippen MR) is 93.8 cm³/mol. The van der Waals surface area contributed by atoms with Gasteiger partial charge in [-0.2, -0.15) is 0 Å². The average molecular weight is 339 g/mol. The van der Waals surface area contributed by atoms with E-state index in [1.165, 1.54) is 21.8 Å². The highest BCUT2D eigenvalue weighted by Crippen LogP contribution is 2.37. The van der Waals surface area contributed by atoms with E-state index in [1.54, 1.807) is 24.2 Å². The summed E-state index contributed by atoms with van der Waals surface area (Å²) in [7, 11) is 0. The summed E-state index contributed by atoms with van der Waals surface area (Å²) in [6.45, 7) is 0. The van der Waals surface area contributed by atoms with E-state index in [4.69, 9.17) is 0 Å². The number of benzene rings is 1. The summed E-state index contributed by atoms with van der Waals surface area (Å²) in [5.74, 6) is 0.0123. The molecule has 1 aromatic carbocycles. The topological polar surface area (TPSA) is 54.9 Å². The van der Waals surface area contributed by atoms with E-state index in [2.05, 4.69) is 27.4 Å². The lowest BCUT2D eigenvalue weighted by Crippen LogP contribution is -2.24. The van der Waals surface area contributed by atoms with E-state index < -0.39 is 0 Å². The molecule has 0 bridgehead atoms. The molecule has 23 heavy (non-hydrogen) atoms. The number of nitrogens with one attached hydrogen (secondary N) is 1. The Morgan fingerprint density at radius 1 is 1.22 bits per heavy atom. The zero-order valence-corrected chi connectivity index (χ0v) is 13.7. The van der Waals surface area contributed by atoms with E-state index in [1.807, 2.05) is 29.6 Å². The molecule has 0 saturated carbocycles. The molecule has 3 heterocycles. The first kappa shape index (κ1) is 14.4. The second-order valence-corrected chi connectivity index (χ2v) is 7.29. The maximum atomic E-state index is 12.5. The van der Waals surface area contributed by atoms with Gasteiger partial charge in [-0.05, 0) is 30.2 Å². The van der Waals surface area contributed by atoms with Gasteiger partial charge in [-0.25, -0.2) is 4.98 Å². The van der Waals surface area contributed by atoms with E-state index in [0.717, 1.165) is 17.7 Å². The van der Waals surface area contributed by atoms with Crippen LogP contribution in [0.3, 0.4) is 0 Å². The van der Waals surface area contributed by atoms with Crippen LogP contribution in [0.4, 0.5) is 5.13 Å². The third kappa shape index (κ3) is 3.00. The number of anilines is 1. The predicted octanol–water partition coefficient (Wildman–Crippen LogP) is 3.86. The van der Waals surface area contributed by atoms with Crippen LogP contribution < -0.4 is 5.32 Å². The Kier molecular flexibility index (Phi) is 3.85. The fourth-order valence-electron chi connectivity index (χ4n) is 2.49. The number of hydrogen-bond donors (Lipinski definition) is 1. The first-order valence-electron chi connectivity index (χ1n) is 7.21. The summed E-state index contributed by atoms with van der Waals surface area (Å²) >= 11 is 3.06. The third-order valence-corrected chi connectivity index (χ3v) is 5.71. The number of thiazole rings is 1. The minimum atomic E-state index is -0.0851. The standard InChI is InChI=1S/C17H13N3OS2/c21-16(15-8-11-4-1-2-6-14(11)23-15)20-17-19-13(10-22-17)12-5-3-7-18-9-12/h1-7,9-10,15H,8H2,(H,19,20,21). The smallest absolute Gasteiger partial charge is 0.239 e. The molecule has 1 amide bonds. The molecule has 1 N–H and O–H groups in total. The Balaban J connectivity index is 1.45. The molecule has 0 fully saturated rings. The van der Waals surface area contributed by atoms with Crippen LogP contribution in [0.5, 0.6) is 0 Å². The Morgan fingerprint density at radius 3 is 2.96 bits per heavy atom. The van der Waals surface area contributed by atoms with E-state index in [9.17, 15) is 4.79 Å². The zero-order valence-electron chi connectivity index (χ0n) is 12.1. The highest BCUT2D eigenvalue weighted by Gasteiger charge is 2.28. The molecule has 3 aromatic rings. The minimum Gasteiger partial charge on any atom is -0.301 e. The summed E-state index contributed by atoms with van der Waals surface area (Å²) in [5, 5.41) is 5.41. The molecule has 1 aliphatic rings. The van der Waals surface area contributed by atoms with Gasteiger partial charge in [-0.15, -0.1) is 23.1 Å². The molecule has 1 atom stereocenters. The van der Waals surface area contributed by atoms with Crippen molar-refractivity contribution in [3.8, 4) is 11.3 Å². The molecule has 4 rings (SSSR count). The molecular weight excluding hydrogens is 326 g/mol. The Hall–Kier alpha value is -2.18. The van der Waals surface area contributed by atoms with Crippen LogP contribution in [0, 0.1) is 0 Å². The Morgan fingerprint density at radius 2 is 2.13 bits per heavy atom. The SMILES string of the molecule is O=C(Nc1nc(-c2cccnc2)cs1)C1Cc2ccccc2S1. The van der Waals surface area contributed by atoms with Gasteiger partial charge in [0, 0.05) is 28.2 Å². The van der Waals surface area contributed by atoms with E-state index in [-0.39, 0.29) is 11.2 Å². The van der Waals surface area contributed by atoms with Crippen LogP contribution in [0.2, 0.25) is 0 Å². The first-order chi connectivity index (χ1) is 11.3. The van der Waals surface area contributed by atoms with Crippen molar-refractivity contribution < 1.29 is 4.79 Å². The minimum absolute atomic E-state index is 0.0123. The summed E-state index contributed by atoms with van der Waals surface area (Å²) in [6.07, 6.45) is 4.27. The summed E-state index contributed by atoms with van der Waals surface area (Å²) in [4.78, 5) is 22.2. The number of nitrogens with zero attached hydrogens (tertiary/aromatic N) is 2. The lowest BCUT2D eigenvalue weighted by Gasteiger charge is -2.07. The van der Waals surface area contributed by atoms with Crippen LogP contribution in [-0.2, 0) is 11.2 Å². The van der Waals surface area contributed by atoms with E-state index >= 15 is 0 Å². The van der Waals surface area contributed by atoms with Crippen LogP contribution in [0.15, 0.2) is 59.1 Å². The van der Waals surface area contributed by atoms with Crippen LogP contribution in [0.25, 0.3) is 11.3 Å². The number of thioether (sulfide) groups is 1. The molecule has 0 spiro atoms. The van der Waals surface area contributed by atoms with Crippen molar-refractivity contribution in [1.29, 1.82) is 0 Å². The van der Waals surface area contributed by atoms with Crippen LogP contribution in [0.1, 0.15) is 5.56 Å². The maximum Gasteiger partial charge on any atom is 0.239 e. The van der Waals surface area contributed by atoms with Crippen molar-refractivity contribution in [2.75, 3.05) is 5.32 Å². The van der Waals surface area contributed by atoms with Gasteiger partial charge in [0.2, 0.25) is 5.91 Å². The van der Waals surface area contributed by atoms with Crippen LogP contribution in [-0.4, -0.2) is 21.1 Å². The molecule has 1 aliphatic heterocycles. The number of rotatable bonds is 3. The highest BCUT2D eigenvalue weighted by molar-refractivity contribution is 8.01. The summed E-state index contributed by atoms with van der Waals surface area (Å²) in [5.41, 5.74) is 3.03. The van der Waals surface area contributed by atoms with Crippen molar-refractivity contribution in [1.82, 2.24) is 9.97 Å². The van der Waals surface area contributed by atoms with Gasteiger partial charge in [0.15, 0.2) is 5.13 Å². The molecule has 0 radical (unpaired) electrons. The lowest BCUT2D eigenvalue weighted by molar-refractivity contribution is -0.115. The first-order valence-corrected chi connectivity index (χ1v) is 8.97. The van der Waals surface area contributed by atoms with Gasteiger partial charge in [0.1, 0.15) is 0 Å². The number of carbonyl (C=O) groups is 1. The zero-order chi connectivity index (χ0) is 15.6. The van der Waals surface area contributed by atoms with Gasteiger partial charge in [-0.1, -0.05) is 18.2 Å². The Labute approximate surface area is 142 Å². The van der Waals surface area contributed by atoms with Crippen molar-refractivity contribution in [3.63, 3.8) is 0 Å². The fraction of sp³-hybridized carbons (Fsp3) is 0.118.